The predicted octanol–water partition coefficient (Wildman–Crippen LogP) is 1.58. The summed E-state index contributed by atoms with van der Waals surface area (Å²) in [7, 11) is 1.55. The maximum Gasteiger partial charge on any atom is 0.255 e. The molecule has 2 rings (SSSR count). The number of rotatable bonds is 8. The van der Waals surface area contributed by atoms with E-state index < -0.39 is 0 Å². The summed E-state index contributed by atoms with van der Waals surface area (Å²) < 4.78 is 6.53. The van der Waals surface area contributed by atoms with Gasteiger partial charge in [-0.05, 0) is 24.6 Å². The van der Waals surface area contributed by atoms with Crippen molar-refractivity contribution in [2.24, 2.45) is 0 Å². The molecule has 0 aliphatic heterocycles. The average Bonchev–Trinajstić information content (AvgIpc) is 3.04. The molecule has 2 amide bonds. The zero-order valence-electron chi connectivity index (χ0n) is 14.2. The number of ether oxygens (including phenoxy) is 1. The monoisotopic (exact) mass is 364 g/mol. The molecule has 2 N–H and O–H groups in total. The number of halogens is 1. The van der Waals surface area contributed by atoms with E-state index >= 15 is 0 Å². The Morgan fingerprint density at radius 3 is 2.80 bits per heavy atom. The van der Waals surface area contributed by atoms with E-state index in [1.807, 2.05) is 19.1 Å². The van der Waals surface area contributed by atoms with Crippen LogP contribution in [0.1, 0.15) is 23.0 Å². The van der Waals surface area contributed by atoms with Crippen molar-refractivity contribution in [2.45, 2.75) is 13.3 Å². The summed E-state index contributed by atoms with van der Waals surface area (Å²) in [6.45, 7) is 2.66. The lowest BCUT2D eigenvalue weighted by Crippen LogP contribution is -2.38. The summed E-state index contributed by atoms with van der Waals surface area (Å²) in [5, 5.41) is 10.1. The van der Waals surface area contributed by atoms with Gasteiger partial charge in [-0.2, -0.15) is 5.10 Å². The summed E-state index contributed by atoms with van der Waals surface area (Å²) in [5.41, 5.74) is 1.97. The van der Waals surface area contributed by atoms with Gasteiger partial charge in [-0.25, -0.2) is 4.68 Å². The van der Waals surface area contributed by atoms with Crippen molar-refractivity contribution in [3.05, 3.63) is 46.7 Å². The van der Waals surface area contributed by atoms with Crippen LogP contribution in [0.15, 0.2) is 30.5 Å². The van der Waals surface area contributed by atoms with E-state index in [2.05, 4.69) is 15.7 Å². The van der Waals surface area contributed by atoms with Crippen LogP contribution in [0.25, 0.3) is 5.69 Å². The highest BCUT2D eigenvalue weighted by molar-refractivity contribution is 6.30. The number of aromatic nitrogens is 2. The van der Waals surface area contributed by atoms with E-state index in [4.69, 9.17) is 16.3 Å². The Bertz CT molecular complexity index is 745. The third kappa shape index (κ3) is 5.04. The van der Waals surface area contributed by atoms with Crippen LogP contribution >= 0.6 is 11.6 Å². The van der Waals surface area contributed by atoms with Gasteiger partial charge in [-0.3, -0.25) is 9.59 Å². The highest BCUT2D eigenvalue weighted by Crippen LogP contribution is 2.19. The predicted molar refractivity (Wildman–Crippen MR) is 95.2 cm³/mol. The molecule has 0 saturated carbocycles. The van der Waals surface area contributed by atoms with E-state index in [0.29, 0.717) is 30.2 Å². The summed E-state index contributed by atoms with van der Waals surface area (Å²) >= 11 is 6.02. The Kier molecular flexibility index (Phi) is 6.97. The van der Waals surface area contributed by atoms with Crippen molar-refractivity contribution < 1.29 is 14.3 Å². The van der Waals surface area contributed by atoms with Crippen LogP contribution in [0.2, 0.25) is 5.02 Å². The standard InChI is InChI=1S/C17H21ClN4O3/c1-3-15-14(17(24)20-11-16(23)19-7-8-25-2)10-21-22(15)13-6-4-5-12(18)9-13/h4-6,9-10H,3,7-8,11H2,1-2H3,(H,19,23)(H,20,24). The molecular weight excluding hydrogens is 344 g/mol. The first-order valence-corrected chi connectivity index (χ1v) is 8.31. The first-order chi connectivity index (χ1) is 12.1. The summed E-state index contributed by atoms with van der Waals surface area (Å²) in [6, 6.07) is 7.24. The second-order valence-corrected chi connectivity index (χ2v) is 5.71. The normalized spacial score (nSPS) is 10.5. The van der Waals surface area contributed by atoms with Gasteiger partial charge in [0.25, 0.3) is 5.91 Å². The number of hydrogen-bond donors (Lipinski definition) is 2. The van der Waals surface area contributed by atoms with Gasteiger partial charge in [-0.15, -0.1) is 0 Å². The molecule has 134 valence electrons. The van der Waals surface area contributed by atoms with Gasteiger partial charge >= 0.3 is 0 Å². The molecule has 25 heavy (non-hydrogen) atoms. The molecule has 1 aromatic heterocycles. The molecule has 0 unspecified atom stereocenters. The van der Waals surface area contributed by atoms with Crippen molar-refractivity contribution in [2.75, 3.05) is 26.8 Å². The van der Waals surface area contributed by atoms with E-state index in [1.54, 1.807) is 23.9 Å². The number of carbonyl (C=O) groups is 2. The van der Waals surface area contributed by atoms with Gasteiger partial charge in [0.15, 0.2) is 0 Å². The molecule has 0 saturated heterocycles. The lowest BCUT2D eigenvalue weighted by molar-refractivity contribution is -0.120. The van der Waals surface area contributed by atoms with E-state index in [0.717, 1.165) is 11.4 Å². The van der Waals surface area contributed by atoms with Crippen LogP contribution in [0, 0.1) is 0 Å². The highest BCUT2D eigenvalue weighted by Gasteiger charge is 2.17. The third-order valence-corrected chi connectivity index (χ3v) is 3.77. The van der Waals surface area contributed by atoms with Crippen LogP contribution in [-0.2, 0) is 16.0 Å². The molecule has 0 aliphatic carbocycles. The van der Waals surface area contributed by atoms with E-state index in [1.165, 1.54) is 6.20 Å². The molecular formula is C17H21ClN4O3. The second-order valence-electron chi connectivity index (χ2n) is 5.28. The number of nitrogens with zero attached hydrogens (tertiary/aromatic N) is 2. The Morgan fingerprint density at radius 1 is 1.32 bits per heavy atom. The molecule has 1 aromatic carbocycles. The van der Waals surface area contributed by atoms with Gasteiger partial charge in [-0.1, -0.05) is 24.6 Å². The summed E-state index contributed by atoms with van der Waals surface area (Å²) in [4.78, 5) is 24.0. The summed E-state index contributed by atoms with van der Waals surface area (Å²) in [5.74, 6) is -0.613. The molecule has 8 heteroatoms. The minimum absolute atomic E-state index is 0.103. The minimum Gasteiger partial charge on any atom is -0.383 e. The lowest BCUT2D eigenvalue weighted by Gasteiger charge is -2.09. The van der Waals surface area contributed by atoms with Crippen molar-refractivity contribution in [3.8, 4) is 5.69 Å². The molecule has 2 aromatic rings. The zero-order chi connectivity index (χ0) is 18.2. The maximum absolute atomic E-state index is 12.4. The largest absolute Gasteiger partial charge is 0.383 e. The number of nitrogens with one attached hydrogen (secondary N) is 2. The van der Waals surface area contributed by atoms with Gasteiger partial charge in [0.05, 0.1) is 36.3 Å². The van der Waals surface area contributed by atoms with Crippen molar-refractivity contribution in [3.63, 3.8) is 0 Å². The number of hydrogen-bond acceptors (Lipinski definition) is 4. The minimum atomic E-state index is -0.341. The first-order valence-electron chi connectivity index (χ1n) is 7.93. The van der Waals surface area contributed by atoms with Crippen LogP contribution in [0.5, 0.6) is 0 Å². The molecule has 0 spiro atoms. The van der Waals surface area contributed by atoms with Crippen LogP contribution in [-0.4, -0.2) is 48.4 Å². The molecule has 0 atom stereocenters. The van der Waals surface area contributed by atoms with Gasteiger partial charge < -0.3 is 15.4 Å². The Hall–Kier alpha value is -2.38. The highest BCUT2D eigenvalue weighted by atomic mass is 35.5. The molecule has 1 heterocycles. The molecule has 0 fully saturated rings. The number of carbonyl (C=O) groups excluding carboxylic acids is 2. The Labute approximate surface area is 151 Å². The van der Waals surface area contributed by atoms with Crippen LogP contribution in [0.4, 0.5) is 0 Å². The Balaban J connectivity index is 2.07. The fourth-order valence-corrected chi connectivity index (χ4v) is 2.53. The SMILES string of the molecule is CCc1c(C(=O)NCC(=O)NCCOC)cnn1-c1cccc(Cl)c1. The van der Waals surface area contributed by atoms with Gasteiger partial charge in [0.2, 0.25) is 5.91 Å². The van der Waals surface area contributed by atoms with E-state index in [-0.39, 0.29) is 18.4 Å². The topological polar surface area (TPSA) is 85.2 Å². The van der Waals surface area contributed by atoms with Crippen LogP contribution < -0.4 is 10.6 Å². The van der Waals surface area contributed by atoms with Gasteiger partial charge in [0.1, 0.15) is 0 Å². The average molecular weight is 365 g/mol. The molecule has 0 aliphatic rings. The third-order valence-electron chi connectivity index (χ3n) is 3.54. The van der Waals surface area contributed by atoms with E-state index in [9.17, 15) is 9.59 Å². The van der Waals surface area contributed by atoms with Gasteiger partial charge in [0, 0.05) is 18.7 Å². The van der Waals surface area contributed by atoms with Crippen molar-refractivity contribution >= 4 is 23.4 Å². The fraction of sp³-hybridized carbons (Fsp3) is 0.353. The second kappa shape index (κ2) is 9.19. The first kappa shape index (κ1) is 19.0. The fourth-order valence-electron chi connectivity index (χ4n) is 2.34. The number of amides is 2. The maximum atomic E-state index is 12.4. The summed E-state index contributed by atoms with van der Waals surface area (Å²) in [6.07, 6.45) is 2.10. The Morgan fingerprint density at radius 2 is 2.12 bits per heavy atom. The molecule has 0 bridgehead atoms. The smallest absolute Gasteiger partial charge is 0.255 e. The van der Waals surface area contributed by atoms with Crippen LogP contribution in [0.3, 0.4) is 0 Å². The van der Waals surface area contributed by atoms with Crippen molar-refractivity contribution in [1.29, 1.82) is 0 Å². The molecule has 0 radical (unpaired) electrons. The number of methoxy groups -OCH3 is 1. The number of benzene rings is 1. The molecule has 7 nitrogen and oxygen atoms in total. The lowest BCUT2D eigenvalue weighted by atomic mass is 10.2. The van der Waals surface area contributed by atoms with Crippen molar-refractivity contribution in [1.82, 2.24) is 20.4 Å². The zero-order valence-corrected chi connectivity index (χ0v) is 15.0. The quantitative estimate of drug-likeness (QED) is 0.696.